The van der Waals surface area contributed by atoms with E-state index in [1.165, 1.54) is 0 Å². The topological polar surface area (TPSA) is 29.5 Å². The molecule has 0 unspecified atom stereocenters. The summed E-state index contributed by atoms with van der Waals surface area (Å²) in [6, 6.07) is 3.81. The number of hydrogen-bond acceptors (Lipinski definition) is 2. The molecule has 1 rings (SSSR count). The zero-order valence-electron chi connectivity index (χ0n) is 9.29. The maximum Gasteiger partial charge on any atom is 0.161 e. The average molecular weight is 194 g/mol. The molecule has 78 valence electrons. The minimum Gasteiger partial charge on any atom is -0.504 e. The highest BCUT2D eigenvalue weighted by Gasteiger charge is 2.07. The lowest BCUT2D eigenvalue weighted by atomic mass is 10.1. The van der Waals surface area contributed by atoms with Gasteiger partial charge in [-0.3, -0.25) is 0 Å². The summed E-state index contributed by atoms with van der Waals surface area (Å²) < 4.78 is 5.51. The first kappa shape index (κ1) is 10.9. The van der Waals surface area contributed by atoms with Crippen molar-refractivity contribution in [1.29, 1.82) is 0 Å². The molecule has 1 aromatic carbocycles. The molecule has 2 heteroatoms. The van der Waals surface area contributed by atoms with Crippen LogP contribution in [-0.4, -0.2) is 11.7 Å². The molecule has 0 saturated heterocycles. The van der Waals surface area contributed by atoms with Gasteiger partial charge in [0, 0.05) is 0 Å². The summed E-state index contributed by atoms with van der Waals surface area (Å²) in [6.45, 7) is 8.68. The number of benzene rings is 1. The Bertz CT molecular complexity index is 316. The van der Waals surface area contributed by atoms with E-state index in [1.54, 1.807) is 0 Å². The van der Waals surface area contributed by atoms with Gasteiger partial charge in [0.15, 0.2) is 11.5 Å². The Labute approximate surface area is 85.5 Å². The normalized spacial score (nSPS) is 10.6. The van der Waals surface area contributed by atoms with E-state index in [0.29, 0.717) is 18.3 Å². The van der Waals surface area contributed by atoms with Crippen molar-refractivity contribution < 1.29 is 9.84 Å². The summed E-state index contributed by atoms with van der Waals surface area (Å²) in [6.07, 6.45) is 0. The Morgan fingerprint density at radius 3 is 2.50 bits per heavy atom. The van der Waals surface area contributed by atoms with Gasteiger partial charge in [0.1, 0.15) is 0 Å². The van der Waals surface area contributed by atoms with E-state index in [9.17, 15) is 5.11 Å². The van der Waals surface area contributed by atoms with Crippen molar-refractivity contribution in [2.24, 2.45) is 5.92 Å². The minimum atomic E-state index is 0.260. The number of phenols is 1. The summed E-state index contributed by atoms with van der Waals surface area (Å²) in [5, 5.41) is 9.71. The van der Waals surface area contributed by atoms with E-state index >= 15 is 0 Å². The molecule has 0 amide bonds. The monoisotopic (exact) mass is 194 g/mol. The fraction of sp³-hybridized carbons (Fsp3) is 0.500. The second-order valence-electron chi connectivity index (χ2n) is 4.13. The second-order valence-corrected chi connectivity index (χ2v) is 4.13. The third-order valence-corrected chi connectivity index (χ3v) is 1.98. The smallest absolute Gasteiger partial charge is 0.161 e. The van der Waals surface area contributed by atoms with Crippen molar-refractivity contribution in [1.82, 2.24) is 0 Å². The van der Waals surface area contributed by atoms with Crippen LogP contribution >= 0.6 is 0 Å². The molecular formula is C12H18O2. The standard InChI is InChI=1S/C12H18O2/c1-8(2)7-14-11-6-9(3)5-10(4)12(11)13/h5-6,8,13H,7H2,1-4H3. The van der Waals surface area contributed by atoms with Crippen molar-refractivity contribution >= 4 is 0 Å². The van der Waals surface area contributed by atoms with E-state index in [4.69, 9.17) is 4.74 Å². The third kappa shape index (κ3) is 2.66. The van der Waals surface area contributed by atoms with Crippen LogP contribution in [0.15, 0.2) is 12.1 Å². The van der Waals surface area contributed by atoms with Crippen molar-refractivity contribution in [2.45, 2.75) is 27.7 Å². The summed E-state index contributed by atoms with van der Waals surface area (Å²) in [4.78, 5) is 0. The number of rotatable bonds is 3. The van der Waals surface area contributed by atoms with Gasteiger partial charge in [0.2, 0.25) is 0 Å². The van der Waals surface area contributed by atoms with Crippen LogP contribution in [0.3, 0.4) is 0 Å². The van der Waals surface area contributed by atoms with Gasteiger partial charge in [-0.15, -0.1) is 0 Å². The first-order valence-electron chi connectivity index (χ1n) is 4.93. The average Bonchev–Trinajstić information content (AvgIpc) is 2.08. The summed E-state index contributed by atoms with van der Waals surface area (Å²) in [5.41, 5.74) is 1.97. The zero-order chi connectivity index (χ0) is 10.7. The zero-order valence-corrected chi connectivity index (χ0v) is 9.29. The van der Waals surface area contributed by atoms with Gasteiger partial charge < -0.3 is 9.84 Å². The number of ether oxygens (including phenoxy) is 1. The van der Waals surface area contributed by atoms with Gasteiger partial charge in [-0.2, -0.15) is 0 Å². The van der Waals surface area contributed by atoms with Gasteiger partial charge in [-0.25, -0.2) is 0 Å². The molecule has 0 aliphatic rings. The molecule has 0 radical (unpaired) electrons. The molecule has 0 aliphatic carbocycles. The number of hydrogen-bond donors (Lipinski definition) is 1. The van der Waals surface area contributed by atoms with Crippen LogP contribution in [0.4, 0.5) is 0 Å². The van der Waals surface area contributed by atoms with Gasteiger partial charge in [0.05, 0.1) is 6.61 Å². The summed E-state index contributed by atoms with van der Waals surface area (Å²) >= 11 is 0. The molecule has 0 bridgehead atoms. The van der Waals surface area contributed by atoms with Gasteiger partial charge in [0.25, 0.3) is 0 Å². The molecule has 0 atom stereocenters. The predicted molar refractivity (Wildman–Crippen MR) is 57.9 cm³/mol. The lowest BCUT2D eigenvalue weighted by Gasteiger charge is -2.12. The van der Waals surface area contributed by atoms with Crippen molar-refractivity contribution in [3.63, 3.8) is 0 Å². The van der Waals surface area contributed by atoms with Crippen molar-refractivity contribution in [3.8, 4) is 11.5 Å². The molecule has 1 N–H and O–H groups in total. The van der Waals surface area contributed by atoms with Crippen LogP contribution in [0.25, 0.3) is 0 Å². The molecule has 0 aliphatic heterocycles. The molecule has 0 aromatic heterocycles. The molecule has 2 nitrogen and oxygen atoms in total. The van der Waals surface area contributed by atoms with Crippen LogP contribution in [0.2, 0.25) is 0 Å². The Hall–Kier alpha value is -1.18. The number of aryl methyl sites for hydroxylation is 2. The molecule has 14 heavy (non-hydrogen) atoms. The first-order chi connectivity index (χ1) is 6.50. The highest BCUT2D eigenvalue weighted by molar-refractivity contribution is 5.47. The van der Waals surface area contributed by atoms with E-state index in [0.717, 1.165) is 11.1 Å². The van der Waals surface area contributed by atoms with E-state index < -0.39 is 0 Å². The minimum absolute atomic E-state index is 0.260. The summed E-state index contributed by atoms with van der Waals surface area (Å²) in [5.74, 6) is 1.32. The number of phenolic OH excluding ortho intramolecular Hbond substituents is 1. The maximum absolute atomic E-state index is 9.71. The Morgan fingerprint density at radius 1 is 1.29 bits per heavy atom. The van der Waals surface area contributed by atoms with Gasteiger partial charge in [-0.1, -0.05) is 19.9 Å². The van der Waals surface area contributed by atoms with E-state index in [1.807, 2.05) is 26.0 Å². The van der Waals surface area contributed by atoms with Gasteiger partial charge >= 0.3 is 0 Å². The van der Waals surface area contributed by atoms with Gasteiger partial charge in [-0.05, 0) is 37.0 Å². The molecule has 1 aromatic rings. The second kappa shape index (κ2) is 4.36. The van der Waals surface area contributed by atoms with E-state index in [-0.39, 0.29) is 5.75 Å². The Kier molecular flexibility index (Phi) is 3.39. The van der Waals surface area contributed by atoms with Crippen LogP contribution < -0.4 is 4.74 Å². The molecule has 0 fully saturated rings. The van der Waals surface area contributed by atoms with Crippen LogP contribution in [-0.2, 0) is 0 Å². The summed E-state index contributed by atoms with van der Waals surface area (Å²) in [7, 11) is 0. The molecule has 0 heterocycles. The quantitative estimate of drug-likeness (QED) is 0.801. The Balaban J connectivity index is 2.85. The number of aromatic hydroxyl groups is 1. The first-order valence-corrected chi connectivity index (χ1v) is 4.93. The van der Waals surface area contributed by atoms with Crippen molar-refractivity contribution in [3.05, 3.63) is 23.3 Å². The van der Waals surface area contributed by atoms with Crippen LogP contribution in [0, 0.1) is 19.8 Å². The van der Waals surface area contributed by atoms with Crippen LogP contribution in [0.5, 0.6) is 11.5 Å². The molecular weight excluding hydrogens is 176 g/mol. The fourth-order valence-electron chi connectivity index (χ4n) is 1.29. The molecule has 0 spiro atoms. The van der Waals surface area contributed by atoms with Crippen LogP contribution in [0.1, 0.15) is 25.0 Å². The highest BCUT2D eigenvalue weighted by atomic mass is 16.5. The largest absolute Gasteiger partial charge is 0.504 e. The predicted octanol–water partition coefficient (Wildman–Crippen LogP) is 3.04. The SMILES string of the molecule is Cc1cc(C)c(O)c(OCC(C)C)c1. The highest BCUT2D eigenvalue weighted by Crippen LogP contribution is 2.31. The van der Waals surface area contributed by atoms with E-state index in [2.05, 4.69) is 13.8 Å². The fourth-order valence-corrected chi connectivity index (χ4v) is 1.29. The van der Waals surface area contributed by atoms with Crippen molar-refractivity contribution in [2.75, 3.05) is 6.61 Å². The third-order valence-electron chi connectivity index (χ3n) is 1.98. The Morgan fingerprint density at radius 2 is 1.93 bits per heavy atom. The lowest BCUT2D eigenvalue weighted by molar-refractivity contribution is 0.259. The maximum atomic E-state index is 9.71. The molecule has 0 saturated carbocycles. The lowest BCUT2D eigenvalue weighted by Crippen LogP contribution is -2.05.